The zero-order chi connectivity index (χ0) is 12.3. The molecule has 0 aromatic heterocycles. The van der Waals surface area contributed by atoms with E-state index in [1.54, 1.807) is 6.07 Å². The van der Waals surface area contributed by atoms with Crippen molar-refractivity contribution in [3.63, 3.8) is 0 Å². The molecule has 1 N–H and O–H groups in total. The van der Waals surface area contributed by atoms with E-state index >= 15 is 0 Å². The lowest BCUT2D eigenvalue weighted by molar-refractivity contribution is 0.629. The molecule has 0 atom stereocenters. The molecule has 17 heavy (non-hydrogen) atoms. The molecular weight excluding hydrogens is 281 g/mol. The van der Waals surface area contributed by atoms with Gasteiger partial charge in [0.15, 0.2) is 0 Å². The fourth-order valence-electron chi connectivity index (χ4n) is 1.68. The van der Waals surface area contributed by atoms with E-state index in [-0.39, 0.29) is 5.82 Å². The fourth-order valence-corrected chi connectivity index (χ4v) is 2.11. The van der Waals surface area contributed by atoms with Crippen LogP contribution in [-0.2, 0) is 6.54 Å². The van der Waals surface area contributed by atoms with Crippen molar-refractivity contribution in [1.29, 1.82) is 0 Å². The van der Waals surface area contributed by atoms with E-state index < -0.39 is 0 Å². The Morgan fingerprint density at radius 3 is 2.59 bits per heavy atom. The molecule has 2 rings (SSSR count). The first-order valence-corrected chi connectivity index (χ1v) is 6.20. The first kappa shape index (κ1) is 12.1. The molecule has 0 radical (unpaired) electrons. The zero-order valence-electron chi connectivity index (χ0n) is 9.50. The Balaban J connectivity index is 2.16. The van der Waals surface area contributed by atoms with Gasteiger partial charge in [-0.3, -0.25) is 0 Å². The third-order valence-corrected chi connectivity index (χ3v) is 3.41. The van der Waals surface area contributed by atoms with Gasteiger partial charge < -0.3 is 5.32 Å². The molecular formula is C14H13BrFN. The van der Waals surface area contributed by atoms with Crippen molar-refractivity contribution < 1.29 is 4.39 Å². The first-order valence-electron chi connectivity index (χ1n) is 5.41. The normalized spacial score (nSPS) is 10.3. The monoisotopic (exact) mass is 293 g/mol. The molecule has 0 unspecified atom stereocenters. The Morgan fingerprint density at radius 1 is 1.12 bits per heavy atom. The van der Waals surface area contributed by atoms with Crippen LogP contribution in [0.15, 0.2) is 46.9 Å². The number of anilines is 1. The van der Waals surface area contributed by atoms with Crippen LogP contribution in [0.25, 0.3) is 0 Å². The number of nitrogens with one attached hydrogen (secondary N) is 1. The Hall–Kier alpha value is -1.35. The molecule has 3 heteroatoms. The van der Waals surface area contributed by atoms with Crippen LogP contribution >= 0.6 is 15.9 Å². The number of rotatable bonds is 3. The fraction of sp³-hybridized carbons (Fsp3) is 0.143. The van der Waals surface area contributed by atoms with Crippen LogP contribution in [0.3, 0.4) is 0 Å². The molecule has 0 spiro atoms. The Morgan fingerprint density at radius 2 is 1.88 bits per heavy atom. The van der Waals surface area contributed by atoms with E-state index in [4.69, 9.17) is 0 Å². The zero-order valence-corrected chi connectivity index (χ0v) is 11.1. The van der Waals surface area contributed by atoms with Gasteiger partial charge in [0.2, 0.25) is 0 Å². The summed E-state index contributed by atoms with van der Waals surface area (Å²) in [5, 5.41) is 3.13. The van der Waals surface area contributed by atoms with E-state index in [9.17, 15) is 4.39 Å². The lowest BCUT2D eigenvalue weighted by Gasteiger charge is -2.11. The Labute approximate surface area is 109 Å². The lowest BCUT2D eigenvalue weighted by atomic mass is 10.1. The van der Waals surface area contributed by atoms with Crippen LogP contribution in [0.2, 0.25) is 0 Å². The number of benzene rings is 2. The average molecular weight is 294 g/mol. The summed E-state index contributed by atoms with van der Waals surface area (Å²) in [7, 11) is 0. The van der Waals surface area contributed by atoms with Gasteiger partial charge in [-0.2, -0.15) is 0 Å². The van der Waals surface area contributed by atoms with Crippen LogP contribution in [0.5, 0.6) is 0 Å². The molecule has 0 bridgehead atoms. The van der Waals surface area contributed by atoms with Gasteiger partial charge in [0, 0.05) is 11.0 Å². The SMILES string of the molecule is Cc1cccc(F)c1NCc1ccccc1Br. The second-order valence-electron chi connectivity index (χ2n) is 3.88. The third-order valence-electron chi connectivity index (χ3n) is 2.64. The highest BCUT2D eigenvalue weighted by atomic mass is 79.9. The predicted octanol–water partition coefficient (Wildman–Crippen LogP) is 4.51. The van der Waals surface area contributed by atoms with Gasteiger partial charge in [-0.05, 0) is 30.2 Å². The molecule has 88 valence electrons. The predicted molar refractivity (Wildman–Crippen MR) is 72.6 cm³/mol. The minimum absolute atomic E-state index is 0.211. The number of para-hydroxylation sites is 1. The Bertz CT molecular complexity index is 505. The molecule has 0 amide bonds. The van der Waals surface area contributed by atoms with Crippen LogP contribution in [0.4, 0.5) is 10.1 Å². The van der Waals surface area contributed by atoms with Crippen molar-refractivity contribution in [1.82, 2.24) is 0 Å². The summed E-state index contributed by atoms with van der Waals surface area (Å²) in [4.78, 5) is 0. The first-order chi connectivity index (χ1) is 8.18. The van der Waals surface area contributed by atoms with Crippen molar-refractivity contribution >= 4 is 21.6 Å². The van der Waals surface area contributed by atoms with Crippen LogP contribution in [-0.4, -0.2) is 0 Å². The van der Waals surface area contributed by atoms with E-state index in [2.05, 4.69) is 21.2 Å². The molecule has 2 aromatic rings. The molecule has 0 fully saturated rings. The smallest absolute Gasteiger partial charge is 0.146 e. The van der Waals surface area contributed by atoms with Gasteiger partial charge in [-0.1, -0.05) is 46.3 Å². The molecule has 0 aliphatic carbocycles. The molecule has 0 aliphatic heterocycles. The summed E-state index contributed by atoms with van der Waals surface area (Å²) in [6.07, 6.45) is 0. The quantitative estimate of drug-likeness (QED) is 0.878. The largest absolute Gasteiger partial charge is 0.378 e. The molecule has 0 heterocycles. The van der Waals surface area contributed by atoms with E-state index in [1.165, 1.54) is 6.07 Å². The topological polar surface area (TPSA) is 12.0 Å². The highest BCUT2D eigenvalue weighted by Gasteiger charge is 2.05. The minimum atomic E-state index is -0.211. The maximum Gasteiger partial charge on any atom is 0.146 e. The van der Waals surface area contributed by atoms with Crippen molar-refractivity contribution in [3.8, 4) is 0 Å². The second kappa shape index (κ2) is 5.32. The molecule has 2 aromatic carbocycles. The summed E-state index contributed by atoms with van der Waals surface area (Å²) in [5.74, 6) is -0.211. The summed E-state index contributed by atoms with van der Waals surface area (Å²) < 4.78 is 14.6. The number of hydrogen-bond donors (Lipinski definition) is 1. The molecule has 0 saturated carbocycles. The van der Waals surface area contributed by atoms with Gasteiger partial charge >= 0.3 is 0 Å². The summed E-state index contributed by atoms with van der Waals surface area (Å²) in [5.41, 5.74) is 2.59. The number of hydrogen-bond acceptors (Lipinski definition) is 1. The van der Waals surface area contributed by atoms with Crippen LogP contribution in [0, 0.1) is 12.7 Å². The lowest BCUT2D eigenvalue weighted by Crippen LogP contribution is -2.03. The summed E-state index contributed by atoms with van der Waals surface area (Å²) >= 11 is 3.47. The van der Waals surface area contributed by atoms with Gasteiger partial charge in [0.05, 0.1) is 5.69 Å². The van der Waals surface area contributed by atoms with Crippen LogP contribution < -0.4 is 5.32 Å². The maximum absolute atomic E-state index is 13.6. The van der Waals surface area contributed by atoms with Crippen molar-refractivity contribution in [2.75, 3.05) is 5.32 Å². The third kappa shape index (κ3) is 2.86. The van der Waals surface area contributed by atoms with E-state index in [0.29, 0.717) is 12.2 Å². The summed E-state index contributed by atoms with van der Waals surface area (Å²) in [6.45, 7) is 2.49. The molecule has 0 saturated heterocycles. The maximum atomic E-state index is 13.6. The highest BCUT2D eigenvalue weighted by Crippen LogP contribution is 2.21. The van der Waals surface area contributed by atoms with Crippen molar-refractivity contribution in [3.05, 3.63) is 63.9 Å². The van der Waals surface area contributed by atoms with Gasteiger partial charge in [-0.25, -0.2) is 4.39 Å². The van der Waals surface area contributed by atoms with Gasteiger partial charge in [0.1, 0.15) is 5.82 Å². The van der Waals surface area contributed by atoms with Crippen molar-refractivity contribution in [2.24, 2.45) is 0 Å². The average Bonchev–Trinajstić information content (AvgIpc) is 2.30. The van der Waals surface area contributed by atoms with Crippen molar-refractivity contribution in [2.45, 2.75) is 13.5 Å². The highest BCUT2D eigenvalue weighted by molar-refractivity contribution is 9.10. The standard InChI is InChI=1S/C14H13BrFN/c1-10-5-4-8-13(16)14(10)17-9-11-6-2-3-7-12(11)15/h2-8,17H,9H2,1H3. The Kier molecular flexibility index (Phi) is 3.79. The van der Waals surface area contributed by atoms with E-state index in [0.717, 1.165) is 15.6 Å². The minimum Gasteiger partial charge on any atom is -0.378 e. The molecule has 1 nitrogen and oxygen atoms in total. The van der Waals surface area contributed by atoms with E-state index in [1.807, 2.05) is 37.3 Å². The van der Waals surface area contributed by atoms with Gasteiger partial charge in [0.25, 0.3) is 0 Å². The summed E-state index contributed by atoms with van der Waals surface area (Å²) in [6, 6.07) is 13.0. The van der Waals surface area contributed by atoms with Crippen LogP contribution in [0.1, 0.15) is 11.1 Å². The van der Waals surface area contributed by atoms with Gasteiger partial charge in [-0.15, -0.1) is 0 Å². The number of aryl methyl sites for hydroxylation is 1. The molecule has 0 aliphatic rings. The number of halogens is 2. The second-order valence-corrected chi connectivity index (χ2v) is 4.73.